The van der Waals surface area contributed by atoms with Gasteiger partial charge in [-0.05, 0) is 25.1 Å². The lowest BCUT2D eigenvalue weighted by Crippen LogP contribution is -2.09. The van der Waals surface area contributed by atoms with Crippen molar-refractivity contribution in [2.75, 3.05) is 0 Å². The van der Waals surface area contributed by atoms with Crippen LogP contribution in [0.25, 0.3) is 0 Å². The number of aromatic nitrogens is 1. The molecule has 0 saturated heterocycles. The molecule has 0 amide bonds. The van der Waals surface area contributed by atoms with Crippen molar-refractivity contribution in [2.24, 2.45) is 0 Å². The molecule has 1 aromatic carbocycles. The lowest BCUT2D eigenvalue weighted by atomic mass is 10.0. The van der Waals surface area contributed by atoms with Gasteiger partial charge in [-0.25, -0.2) is 13.2 Å². The molecule has 0 aliphatic carbocycles. The summed E-state index contributed by atoms with van der Waals surface area (Å²) >= 11 is 0. The zero-order valence-corrected chi connectivity index (χ0v) is 10.1. The molecule has 5 heteroatoms. The lowest BCUT2D eigenvalue weighted by molar-refractivity contribution is 0.0987. The van der Waals surface area contributed by atoms with Crippen LogP contribution in [0.4, 0.5) is 13.2 Å². The van der Waals surface area contributed by atoms with E-state index in [2.05, 4.69) is 4.98 Å². The Bertz CT molecular complexity index is 626. The molecule has 2 nitrogen and oxygen atoms in total. The van der Waals surface area contributed by atoms with Crippen LogP contribution in [0.5, 0.6) is 0 Å². The summed E-state index contributed by atoms with van der Waals surface area (Å²) in [7, 11) is 0. The number of carbonyl (C=O) groups is 1. The van der Waals surface area contributed by atoms with Crippen LogP contribution in [0.2, 0.25) is 0 Å². The molecule has 0 bridgehead atoms. The zero-order chi connectivity index (χ0) is 14.0. The lowest BCUT2D eigenvalue weighted by Gasteiger charge is -2.06. The second kappa shape index (κ2) is 5.22. The number of carbonyl (C=O) groups excluding carboxylic acids is 1. The van der Waals surface area contributed by atoms with Crippen LogP contribution >= 0.6 is 0 Å². The molecule has 0 spiro atoms. The fraction of sp³-hybridized carbons (Fsp3) is 0.143. The summed E-state index contributed by atoms with van der Waals surface area (Å²) < 4.78 is 40.3. The van der Waals surface area contributed by atoms with Gasteiger partial charge in [0, 0.05) is 23.7 Å². The fourth-order valence-corrected chi connectivity index (χ4v) is 1.65. The van der Waals surface area contributed by atoms with Crippen LogP contribution in [-0.4, -0.2) is 10.8 Å². The molecule has 0 N–H and O–H groups in total. The summed E-state index contributed by atoms with van der Waals surface area (Å²) in [5.41, 5.74) is -0.578. The number of Topliss-reactive ketones (excluding diaryl/α,β-unsaturated/α-hetero) is 1. The molecular formula is C14H10F3NO. The molecule has 1 heterocycles. The summed E-state index contributed by atoms with van der Waals surface area (Å²) in [5.74, 6) is -3.82. The Kier molecular flexibility index (Phi) is 3.64. The zero-order valence-electron chi connectivity index (χ0n) is 10.1. The van der Waals surface area contributed by atoms with E-state index in [1.807, 2.05) is 0 Å². The van der Waals surface area contributed by atoms with E-state index in [1.165, 1.54) is 12.3 Å². The van der Waals surface area contributed by atoms with Gasteiger partial charge >= 0.3 is 0 Å². The first-order valence-corrected chi connectivity index (χ1v) is 5.58. The van der Waals surface area contributed by atoms with E-state index in [0.29, 0.717) is 0 Å². The van der Waals surface area contributed by atoms with Crippen molar-refractivity contribution in [1.82, 2.24) is 4.98 Å². The van der Waals surface area contributed by atoms with E-state index in [-0.39, 0.29) is 11.3 Å². The van der Waals surface area contributed by atoms with E-state index >= 15 is 0 Å². The number of hydrogen-bond donors (Lipinski definition) is 0. The van der Waals surface area contributed by atoms with Crippen molar-refractivity contribution in [3.05, 3.63) is 64.7 Å². The summed E-state index contributed by atoms with van der Waals surface area (Å²) in [4.78, 5) is 15.6. The number of hydrogen-bond acceptors (Lipinski definition) is 2. The second-order valence-corrected chi connectivity index (χ2v) is 4.09. The first kappa shape index (κ1) is 13.3. The van der Waals surface area contributed by atoms with Gasteiger partial charge in [-0.2, -0.15) is 0 Å². The van der Waals surface area contributed by atoms with Gasteiger partial charge in [0.15, 0.2) is 17.4 Å². The molecule has 0 aliphatic rings. The van der Waals surface area contributed by atoms with Crippen molar-refractivity contribution >= 4 is 5.78 Å². The minimum Gasteiger partial charge on any atom is -0.292 e. The van der Waals surface area contributed by atoms with Crippen LogP contribution in [0.3, 0.4) is 0 Å². The fourth-order valence-electron chi connectivity index (χ4n) is 1.65. The minimum absolute atomic E-state index is 0.128. The molecule has 1 aromatic heterocycles. The highest BCUT2D eigenvalue weighted by Gasteiger charge is 2.18. The van der Waals surface area contributed by atoms with Gasteiger partial charge in [0.1, 0.15) is 11.5 Å². The smallest absolute Gasteiger partial charge is 0.185 e. The number of rotatable bonds is 3. The van der Waals surface area contributed by atoms with E-state index in [0.717, 1.165) is 13.0 Å². The molecule has 98 valence electrons. The first-order valence-electron chi connectivity index (χ1n) is 5.58. The van der Waals surface area contributed by atoms with E-state index < -0.39 is 35.2 Å². The predicted molar refractivity (Wildman–Crippen MR) is 63.3 cm³/mol. The summed E-state index contributed by atoms with van der Waals surface area (Å²) in [6.45, 7) is 1.14. The molecule has 0 saturated carbocycles. The number of ketones is 1. The van der Waals surface area contributed by atoms with Crippen LogP contribution in [0, 0.1) is 24.4 Å². The Morgan fingerprint density at radius 3 is 2.58 bits per heavy atom. The van der Waals surface area contributed by atoms with Crippen molar-refractivity contribution in [2.45, 2.75) is 13.3 Å². The normalized spacial score (nSPS) is 10.5. The molecular weight excluding hydrogens is 255 g/mol. The van der Waals surface area contributed by atoms with E-state index in [9.17, 15) is 18.0 Å². The second-order valence-electron chi connectivity index (χ2n) is 4.09. The Balaban J connectivity index is 2.32. The van der Waals surface area contributed by atoms with Crippen LogP contribution < -0.4 is 0 Å². The van der Waals surface area contributed by atoms with Gasteiger partial charge < -0.3 is 0 Å². The largest absolute Gasteiger partial charge is 0.292 e. The summed E-state index contributed by atoms with van der Waals surface area (Å²) in [5, 5.41) is 0. The standard InChI is InChI=1S/C14H10F3NO/c1-8-10(15)6-9(14(17)13(8)16)7-12(19)11-4-2-3-5-18-11/h2-6H,7H2,1H3. The average Bonchev–Trinajstić information content (AvgIpc) is 2.43. The summed E-state index contributed by atoms with van der Waals surface area (Å²) in [6, 6.07) is 5.53. The molecule has 0 atom stereocenters. The summed E-state index contributed by atoms with van der Waals surface area (Å²) in [6.07, 6.45) is 0.983. The topological polar surface area (TPSA) is 30.0 Å². The third-order valence-corrected chi connectivity index (χ3v) is 2.76. The highest BCUT2D eigenvalue weighted by atomic mass is 19.2. The molecule has 19 heavy (non-hydrogen) atoms. The van der Waals surface area contributed by atoms with E-state index in [4.69, 9.17) is 0 Å². The third-order valence-electron chi connectivity index (χ3n) is 2.76. The Labute approximate surface area is 107 Å². The van der Waals surface area contributed by atoms with Crippen molar-refractivity contribution in [3.63, 3.8) is 0 Å². The monoisotopic (exact) mass is 265 g/mol. The quantitative estimate of drug-likeness (QED) is 0.630. The third kappa shape index (κ3) is 2.65. The van der Waals surface area contributed by atoms with Crippen molar-refractivity contribution < 1.29 is 18.0 Å². The molecule has 0 fully saturated rings. The molecule has 2 rings (SSSR count). The maximum absolute atomic E-state index is 13.6. The minimum atomic E-state index is -1.26. The Morgan fingerprint density at radius 2 is 1.95 bits per heavy atom. The van der Waals surface area contributed by atoms with Gasteiger partial charge in [0.05, 0.1) is 0 Å². The molecule has 2 aromatic rings. The maximum Gasteiger partial charge on any atom is 0.185 e. The molecule has 0 aliphatic heterocycles. The highest BCUT2D eigenvalue weighted by Crippen LogP contribution is 2.20. The van der Waals surface area contributed by atoms with Gasteiger partial charge in [0.25, 0.3) is 0 Å². The van der Waals surface area contributed by atoms with Crippen LogP contribution in [0.15, 0.2) is 30.5 Å². The maximum atomic E-state index is 13.6. The number of benzene rings is 1. The number of nitrogens with zero attached hydrogens (tertiary/aromatic N) is 1. The highest BCUT2D eigenvalue weighted by molar-refractivity contribution is 5.95. The van der Waals surface area contributed by atoms with E-state index in [1.54, 1.807) is 12.1 Å². The van der Waals surface area contributed by atoms with Crippen LogP contribution in [0.1, 0.15) is 21.6 Å². The van der Waals surface area contributed by atoms with Crippen molar-refractivity contribution in [1.29, 1.82) is 0 Å². The SMILES string of the molecule is Cc1c(F)cc(CC(=O)c2ccccn2)c(F)c1F. The Morgan fingerprint density at radius 1 is 1.21 bits per heavy atom. The van der Waals surface area contributed by atoms with Gasteiger partial charge in [-0.15, -0.1) is 0 Å². The molecule has 0 radical (unpaired) electrons. The Hall–Kier alpha value is -2.17. The van der Waals surface area contributed by atoms with Gasteiger partial charge in [-0.1, -0.05) is 6.07 Å². The van der Waals surface area contributed by atoms with Gasteiger partial charge in [-0.3, -0.25) is 9.78 Å². The van der Waals surface area contributed by atoms with Crippen molar-refractivity contribution in [3.8, 4) is 0 Å². The average molecular weight is 265 g/mol. The number of halogens is 3. The molecule has 0 unspecified atom stereocenters. The first-order chi connectivity index (χ1) is 9.00. The van der Waals surface area contributed by atoms with Crippen LogP contribution in [-0.2, 0) is 6.42 Å². The number of pyridine rings is 1. The van der Waals surface area contributed by atoms with Gasteiger partial charge in [0.2, 0.25) is 0 Å². The predicted octanol–water partition coefficient (Wildman–Crippen LogP) is 3.23.